The lowest BCUT2D eigenvalue weighted by atomic mass is 10.1. The minimum absolute atomic E-state index is 0.00714. The summed E-state index contributed by atoms with van der Waals surface area (Å²) in [6.07, 6.45) is 0.671. The van der Waals surface area contributed by atoms with Crippen LogP contribution in [0.15, 0.2) is 53.7 Å². The Morgan fingerprint density at radius 3 is 2.43 bits per heavy atom. The number of nitrogens with one attached hydrogen (secondary N) is 1. The Bertz CT molecular complexity index is 1020. The van der Waals surface area contributed by atoms with E-state index in [0.29, 0.717) is 6.42 Å². The van der Waals surface area contributed by atoms with Crippen LogP contribution in [0.3, 0.4) is 0 Å². The van der Waals surface area contributed by atoms with Crippen LogP contribution in [0.4, 0.5) is 0 Å². The molecule has 30 heavy (non-hydrogen) atoms. The van der Waals surface area contributed by atoms with Gasteiger partial charge in [-0.1, -0.05) is 59.8 Å². The summed E-state index contributed by atoms with van der Waals surface area (Å²) in [5.74, 6) is 0.853. The van der Waals surface area contributed by atoms with Crippen LogP contribution in [0, 0.1) is 13.8 Å². The highest BCUT2D eigenvalue weighted by molar-refractivity contribution is 8.00. The minimum atomic E-state index is -0.289. The number of aryl methyl sites for hydroxylation is 2. The number of carbonyl (C=O) groups excluding carboxylic acids is 1. The highest BCUT2D eigenvalue weighted by Gasteiger charge is 2.24. The van der Waals surface area contributed by atoms with Crippen molar-refractivity contribution in [2.45, 2.75) is 63.9 Å². The zero-order valence-corrected chi connectivity index (χ0v) is 19.4. The fourth-order valence-corrected chi connectivity index (χ4v) is 4.13. The molecule has 158 valence electrons. The van der Waals surface area contributed by atoms with Gasteiger partial charge in [-0.2, -0.15) is 0 Å². The molecule has 5 nitrogen and oxygen atoms in total. The Balaban J connectivity index is 1.98. The first-order valence-electron chi connectivity index (χ1n) is 10.2. The summed E-state index contributed by atoms with van der Waals surface area (Å²) in [4.78, 5) is 12.6. The summed E-state index contributed by atoms with van der Waals surface area (Å²) in [6, 6.07) is 16.6. The van der Waals surface area contributed by atoms with Gasteiger partial charge in [-0.25, -0.2) is 0 Å². The van der Waals surface area contributed by atoms with Crippen molar-refractivity contribution in [3.05, 3.63) is 71.0 Å². The van der Waals surface area contributed by atoms with Crippen molar-refractivity contribution < 1.29 is 4.79 Å². The Morgan fingerprint density at radius 1 is 1.10 bits per heavy atom. The van der Waals surface area contributed by atoms with Crippen molar-refractivity contribution in [1.82, 2.24) is 20.1 Å². The summed E-state index contributed by atoms with van der Waals surface area (Å²) in [5, 5.41) is 12.4. The predicted octanol–water partition coefficient (Wildman–Crippen LogP) is 4.87. The molecule has 0 spiro atoms. The van der Waals surface area contributed by atoms with Crippen molar-refractivity contribution >= 4 is 17.7 Å². The van der Waals surface area contributed by atoms with Crippen LogP contribution < -0.4 is 5.32 Å². The number of hydrogen-bond acceptors (Lipinski definition) is 4. The van der Waals surface area contributed by atoms with Gasteiger partial charge in [0.05, 0.1) is 10.9 Å². The van der Waals surface area contributed by atoms with Crippen molar-refractivity contribution in [1.29, 1.82) is 0 Å². The Hall–Kier alpha value is -2.60. The number of thioether (sulfide) groups is 1. The van der Waals surface area contributed by atoms with E-state index in [2.05, 4.69) is 64.3 Å². The van der Waals surface area contributed by atoms with Gasteiger partial charge in [-0.05, 0) is 58.7 Å². The van der Waals surface area contributed by atoms with E-state index >= 15 is 0 Å². The van der Waals surface area contributed by atoms with Crippen molar-refractivity contribution in [3.8, 4) is 5.69 Å². The molecule has 1 amide bonds. The van der Waals surface area contributed by atoms with Crippen molar-refractivity contribution in [3.63, 3.8) is 0 Å². The third-order valence-electron chi connectivity index (χ3n) is 4.65. The molecule has 0 fully saturated rings. The van der Waals surface area contributed by atoms with Crippen molar-refractivity contribution in [2.75, 3.05) is 0 Å². The average molecular weight is 423 g/mol. The molecule has 0 saturated carbocycles. The van der Waals surface area contributed by atoms with E-state index in [9.17, 15) is 4.79 Å². The Kier molecular flexibility index (Phi) is 6.66. The van der Waals surface area contributed by atoms with E-state index in [1.165, 1.54) is 22.9 Å². The topological polar surface area (TPSA) is 59.8 Å². The highest BCUT2D eigenvalue weighted by Crippen LogP contribution is 2.29. The van der Waals surface area contributed by atoms with Gasteiger partial charge in [-0.15, -0.1) is 10.2 Å². The fourth-order valence-electron chi connectivity index (χ4n) is 3.25. The summed E-state index contributed by atoms with van der Waals surface area (Å²) >= 11 is 1.44. The molecule has 0 aliphatic heterocycles. The first kappa shape index (κ1) is 22.1. The normalized spacial score (nSPS) is 12.6. The summed E-state index contributed by atoms with van der Waals surface area (Å²) < 4.78 is 2.09. The maximum Gasteiger partial charge on any atom is 0.233 e. The Labute approximate surface area is 183 Å². The quantitative estimate of drug-likeness (QED) is 0.576. The molecule has 1 atom stereocenters. The molecular weight excluding hydrogens is 392 g/mol. The highest BCUT2D eigenvalue weighted by atomic mass is 32.2. The van der Waals surface area contributed by atoms with E-state index < -0.39 is 0 Å². The van der Waals surface area contributed by atoms with E-state index in [0.717, 1.165) is 22.2 Å². The molecular formula is C24H30N4OS. The summed E-state index contributed by atoms with van der Waals surface area (Å²) in [6.45, 7) is 12.0. The minimum Gasteiger partial charge on any atom is -0.351 e. The fraction of sp³-hybridized carbons (Fsp3) is 0.375. The van der Waals surface area contributed by atoms with Gasteiger partial charge in [-0.3, -0.25) is 9.36 Å². The third kappa shape index (κ3) is 5.51. The molecule has 0 aliphatic rings. The van der Waals surface area contributed by atoms with Crippen LogP contribution in [0.2, 0.25) is 0 Å². The maximum absolute atomic E-state index is 12.6. The molecule has 6 heteroatoms. The smallest absolute Gasteiger partial charge is 0.233 e. The molecule has 3 rings (SSSR count). The molecule has 1 heterocycles. The number of carbonyl (C=O) groups is 1. The van der Waals surface area contributed by atoms with Crippen LogP contribution >= 0.6 is 11.8 Å². The van der Waals surface area contributed by atoms with Gasteiger partial charge in [0.25, 0.3) is 0 Å². The molecule has 0 aliphatic carbocycles. The first-order valence-corrected chi connectivity index (χ1v) is 11.1. The average Bonchev–Trinajstić information content (AvgIpc) is 3.03. The predicted molar refractivity (Wildman–Crippen MR) is 123 cm³/mol. The van der Waals surface area contributed by atoms with Gasteiger partial charge >= 0.3 is 0 Å². The molecule has 3 aromatic rings. The largest absolute Gasteiger partial charge is 0.351 e. The SMILES string of the molecule is Cc1ccc(-n2c(Cc3ccccc3)nnc2SC(C)C(=O)NC(C)(C)C)c(C)c1. The number of benzene rings is 2. The number of aromatic nitrogens is 3. The second-order valence-electron chi connectivity index (χ2n) is 8.69. The van der Waals surface area contributed by atoms with Crippen molar-refractivity contribution in [2.24, 2.45) is 0 Å². The van der Waals surface area contributed by atoms with E-state index in [1.54, 1.807) is 0 Å². The summed E-state index contributed by atoms with van der Waals surface area (Å²) in [7, 11) is 0. The van der Waals surface area contributed by atoms with E-state index in [4.69, 9.17) is 0 Å². The molecule has 2 aromatic carbocycles. The van der Waals surface area contributed by atoms with Crippen LogP contribution in [-0.2, 0) is 11.2 Å². The number of amides is 1. The van der Waals surface area contributed by atoms with E-state index in [-0.39, 0.29) is 16.7 Å². The zero-order chi connectivity index (χ0) is 21.9. The molecule has 1 unspecified atom stereocenters. The number of rotatable bonds is 6. The number of hydrogen-bond donors (Lipinski definition) is 1. The van der Waals surface area contributed by atoms with E-state index in [1.807, 2.05) is 45.9 Å². The lowest BCUT2D eigenvalue weighted by Crippen LogP contribution is -2.44. The van der Waals surface area contributed by atoms with Gasteiger partial charge in [0.15, 0.2) is 5.16 Å². The monoisotopic (exact) mass is 422 g/mol. The second-order valence-corrected chi connectivity index (χ2v) is 9.99. The van der Waals surface area contributed by atoms with Crippen LogP contribution in [0.5, 0.6) is 0 Å². The zero-order valence-electron chi connectivity index (χ0n) is 18.6. The van der Waals surface area contributed by atoms with Crippen LogP contribution in [-0.4, -0.2) is 31.5 Å². The van der Waals surface area contributed by atoms with Gasteiger partial charge in [0.1, 0.15) is 5.82 Å². The molecule has 0 radical (unpaired) electrons. The Morgan fingerprint density at radius 2 is 1.80 bits per heavy atom. The molecule has 0 bridgehead atoms. The van der Waals surface area contributed by atoms with Gasteiger partial charge < -0.3 is 5.32 Å². The van der Waals surface area contributed by atoms with Crippen LogP contribution in [0.25, 0.3) is 5.69 Å². The standard InChI is InChI=1S/C24H30N4OS/c1-16-12-13-20(17(2)14-16)28-21(15-19-10-8-7-9-11-19)26-27-23(28)30-18(3)22(29)25-24(4,5)6/h7-14,18H,15H2,1-6H3,(H,25,29). The first-order chi connectivity index (χ1) is 14.1. The molecule has 0 saturated heterocycles. The molecule has 1 N–H and O–H groups in total. The number of nitrogens with zero attached hydrogens (tertiary/aromatic N) is 3. The van der Waals surface area contributed by atoms with Crippen LogP contribution in [0.1, 0.15) is 50.2 Å². The lowest BCUT2D eigenvalue weighted by molar-refractivity contribution is -0.121. The second kappa shape index (κ2) is 9.04. The molecule has 1 aromatic heterocycles. The lowest BCUT2D eigenvalue weighted by Gasteiger charge is -2.23. The summed E-state index contributed by atoms with van der Waals surface area (Å²) in [5.41, 5.74) is 4.30. The maximum atomic E-state index is 12.6. The third-order valence-corrected chi connectivity index (χ3v) is 5.69. The van der Waals surface area contributed by atoms with Gasteiger partial charge in [0.2, 0.25) is 5.91 Å². The van der Waals surface area contributed by atoms with Gasteiger partial charge in [0, 0.05) is 12.0 Å².